The Bertz CT molecular complexity index is 534. The summed E-state index contributed by atoms with van der Waals surface area (Å²) in [5.41, 5.74) is 2.77. The Balaban J connectivity index is 1.98. The number of carbonyl (C=O) groups is 3. The van der Waals surface area contributed by atoms with Crippen LogP contribution in [0.1, 0.15) is 17.5 Å². The number of hydrogen-bond donors (Lipinski definition) is 3. The van der Waals surface area contributed by atoms with Gasteiger partial charge in [0.25, 0.3) is 5.91 Å². The number of imide groups is 1. The second-order valence-corrected chi connectivity index (χ2v) is 4.64. The van der Waals surface area contributed by atoms with E-state index < -0.39 is 18.0 Å². The van der Waals surface area contributed by atoms with Crippen molar-refractivity contribution >= 4 is 23.5 Å². The van der Waals surface area contributed by atoms with Crippen molar-refractivity contribution in [2.75, 3.05) is 5.32 Å². The summed E-state index contributed by atoms with van der Waals surface area (Å²) >= 11 is 0. The summed E-state index contributed by atoms with van der Waals surface area (Å²) in [5.74, 6) is -0.784. The molecule has 1 saturated heterocycles. The van der Waals surface area contributed by atoms with E-state index in [-0.39, 0.29) is 12.3 Å². The maximum absolute atomic E-state index is 11.8. The van der Waals surface area contributed by atoms with Crippen LogP contribution in [0, 0.1) is 13.8 Å². The topological polar surface area (TPSA) is 87.3 Å². The van der Waals surface area contributed by atoms with E-state index in [1.54, 1.807) is 0 Å². The van der Waals surface area contributed by atoms with Crippen molar-refractivity contribution in [1.82, 2.24) is 10.6 Å². The van der Waals surface area contributed by atoms with Crippen molar-refractivity contribution in [3.05, 3.63) is 29.3 Å². The van der Waals surface area contributed by atoms with Crippen LogP contribution in [0.4, 0.5) is 10.5 Å². The molecule has 1 aromatic rings. The monoisotopic (exact) mass is 261 g/mol. The van der Waals surface area contributed by atoms with E-state index in [0.29, 0.717) is 5.69 Å². The van der Waals surface area contributed by atoms with Crippen molar-refractivity contribution in [2.24, 2.45) is 0 Å². The first kappa shape index (κ1) is 13.1. The molecule has 0 bridgehead atoms. The molecular weight excluding hydrogens is 246 g/mol. The highest BCUT2D eigenvalue weighted by Crippen LogP contribution is 2.14. The van der Waals surface area contributed by atoms with Crippen LogP contribution in [0.3, 0.4) is 0 Å². The minimum atomic E-state index is -0.793. The molecule has 1 heterocycles. The van der Waals surface area contributed by atoms with Crippen LogP contribution >= 0.6 is 0 Å². The molecule has 19 heavy (non-hydrogen) atoms. The molecule has 0 aliphatic carbocycles. The molecule has 0 aromatic heterocycles. The van der Waals surface area contributed by atoms with Gasteiger partial charge in [-0.05, 0) is 37.1 Å². The number of benzene rings is 1. The fourth-order valence-electron chi connectivity index (χ4n) is 2.05. The van der Waals surface area contributed by atoms with Crippen LogP contribution < -0.4 is 16.0 Å². The number of aryl methyl sites for hydroxylation is 2. The van der Waals surface area contributed by atoms with E-state index in [1.807, 2.05) is 32.0 Å². The zero-order valence-corrected chi connectivity index (χ0v) is 10.7. The van der Waals surface area contributed by atoms with Crippen molar-refractivity contribution < 1.29 is 14.4 Å². The van der Waals surface area contributed by atoms with Gasteiger partial charge in [-0.15, -0.1) is 0 Å². The third-order valence-corrected chi connectivity index (χ3v) is 2.75. The average molecular weight is 261 g/mol. The van der Waals surface area contributed by atoms with Gasteiger partial charge in [-0.2, -0.15) is 0 Å². The lowest BCUT2D eigenvalue weighted by atomic mass is 10.1. The number of anilines is 1. The van der Waals surface area contributed by atoms with Crippen LogP contribution in [-0.2, 0) is 9.59 Å². The maximum atomic E-state index is 11.8. The molecule has 2 rings (SSSR count). The number of carbonyl (C=O) groups excluding carboxylic acids is 3. The van der Waals surface area contributed by atoms with Gasteiger partial charge in [0.2, 0.25) is 5.91 Å². The first-order valence-corrected chi connectivity index (χ1v) is 5.93. The average Bonchev–Trinajstić information content (AvgIpc) is 2.55. The van der Waals surface area contributed by atoms with E-state index in [4.69, 9.17) is 0 Å². The molecule has 3 N–H and O–H groups in total. The van der Waals surface area contributed by atoms with Gasteiger partial charge in [0, 0.05) is 5.69 Å². The third kappa shape index (κ3) is 3.31. The van der Waals surface area contributed by atoms with Gasteiger partial charge in [0.15, 0.2) is 0 Å². The van der Waals surface area contributed by atoms with E-state index in [0.717, 1.165) is 11.1 Å². The highest BCUT2D eigenvalue weighted by atomic mass is 16.2. The van der Waals surface area contributed by atoms with Crippen molar-refractivity contribution in [1.29, 1.82) is 0 Å². The molecule has 6 heteroatoms. The Morgan fingerprint density at radius 1 is 1.21 bits per heavy atom. The van der Waals surface area contributed by atoms with Crippen molar-refractivity contribution in [3.8, 4) is 0 Å². The zero-order valence-electron chi connectivity index (χ0n) is 10.7. The van der Waals surface area contributed by atoms with E-state index in [9.17, 15) is 14.4 Å². The summed E-state index contributed by atoms with van der Waals surface area (Å²) in [6.45, 7) is 3.88. The van der Waals surface area contributed by atoms with Crippen molar-refractivity contribution in [2.45, 2.75) is 26.3 Å². The lowest BCUT2D eigenvalue weighted by Crippen LogP contribution is -2.33. The quantitative estimate of drug-likeness (QED) is 0.705. The summed E-state index contributed by atoms with van der Waals surface area (Å²) in [6.07, 6.45) is -0.0788. The van der Waals surface area contributed by atoms with Gasteiger partial charge >= 0.3 is 6.03 Å². The van der Waals surface area contributed by atoms with E-state index in [2.05, 4.69) is 16.0 Å². The molecule has 0 radical (unpaired) electrons. The highest BCUT2D eigenvalue weighted by molar-refractivity contribution is 6.06. The van der Waals surface area contributed by atoms with Gasteiger partial charge in [0.1, 0.15) is 6.04 Å². The molecule has 1 aliphatic heterocycles. The fraction of sp³-hybridized carbons (Fsp3) is 0.308. The number of urea groups is 1. The molecule has 4 amide bonds. The van der Waals surface area contributed by atoms with Crippen LogP contribution in [0.5, 0.6) is 0 Å². The minimum Gasteiger partial charge on any atom is -0.326 e. The van der Waals surface area contributed by atoms with Crippen LogP contribution in [0.2, 0.25) is 0 Å². The summed E-state index contributed by atoms with van der Waals surface area (Å²) in [5, 5.41) is 7.18. The third-order valence-electron chi connectivity index (χ3n) is 2.75. The molecule has 1 atom stereocenters. The summed E-state index contributed by atoms with van der Waals surface area (Å²) < 4.78 is 0. The molecule has 1 fully saturated rings. The summed E-state index contributed by atoms with van der Waals surface area (Å²) in [6, 6.07) is 4.34. The number of nitrogens with one attached hydrogen (secondary N) is 3. The Kier molecular flexibility index (Phi) is 3.50. The number of hydrogen-bond acceptors (Lipinski definition) is 3. The predicted molar refractivity (Wildman–Crippen MR) is 69.6 cm³/mol. The highest BCUT2D eigenvalue weighted by Gasteiger charge is 2.31. The molecule has 0 spiro atoms. The second-order valence-electron chi connectivity index (χ2n) is 4.64. The van der Waals surface area contributed by atoms with Gasteiger partial charge in [-0.3, -0.25) is 14.9 Å². The Labute approximate surface area is 110 Å². The molecule has 0 saturated carbocycles. The molecule has 6 nitrogen and oxygen atoms in total. The molecular formula is C13H15N3O3. The summed E-state index contributed by atoms with van der Waals surface area (Å²) in [4.78, 5) is 34.0. The lowest BCUT2D eigenvalue weighted by molar-refractivity contribution is -0.124. The Morgan fingerprint density at radius 2 is 1.84 bits per heavy atom. The Morgan fingerprint density at radius 3 is 2.37 bits per heavy atom. The van der Waals surface area contributed by atoms with Gasteiger partial charge in [-0.1, -0.05) is 6.07 Å². The smallest absolute Gasteiger partial charge is 0.322 e. The number of amides is 4. The maximum Gasteiger partial charge on any atom is 0.322 e. The SMILES string of the molecule is Cc1cc(C)cc(NC(=O)CC2NC(=O)NC2=O)c1. The van der Waals surface area contributed by atoms with Crippen molar-refractivity contribution in [3.63, 3.8) is 0 Å². The van der Waals surface area contributed by atoms with Crippen LogP contribution in [0.15, 0.2) is 18.2 Å². The van der Waals surface area contributed by atoms with Crippen LogP contribution in [-0.4, -0.2) is 23.9 Å². The zero-order chi connectivity index (χ0) is 14.0. The summed E-state index contributed by atoms with van der Waals surface area (Å²) in [7, 11) is 0. The standard InChI is InChI=1S/C13H15N3O3/c1-7-3-8(2)5-9(4-7)14-11(17)6-10-12(18)16-13(19)15-10/h3-5,10H,6H2,1-2H3,(H,14,17)(H2,15,16,18,19). The van der Waals surface area contributed by atoms with Gasteiger partial charge < -0.3 is 10.6 Å². The normalized spacial score (nSPS) is 17.9. The Hall–Kier alpha value is -2.37. The van der Waals surface area contributed by atoms with Gasteiger partial charge in [0.05, 0.1) is 6.42 Å². The van der Waals surface area contributed by atoms with E-state index >= 15 is 0 Å². The van der Waals surface area contributed by atoms with Gasteiger partial charge in [-0.25, -0.2) is 4.79 Å². The molecule has 1 aliphatic rings. The first-order chi connectivity index (χ1) is 8.94. The van der Waals surface area contributed by atoms with Crippen LogP contribution in [0.25, 0.3) is 0 Å². The fourth-order valence-corrected chi connectivity index (χ4v) is 2.05. The molecule has 100 valence electrons. The number of rotatable bonds is 3. The molecule has 1 unspecified atom stereocenters. The minimum absolute atomic E-state index is 0.0788. The first-order valence-electron chi connectivity index (χ1n) is 5.93. The largest absolute Gasteiger partial charge is 0.326 e. The predicted octanol–water partition coefficient (Wildman–Crippen LogP) is 0.840. The van der Waals surface area contributed by atoms with E-state index in [1.165, 1.54) is 0 Å². The molecule has 1 aromatic carbocycles. The second kappa shape index (κ2) is 5.09. The lowest BCUT2D eigenvalue weighted by Gasteiger charge is -2.09.